The zero-order chi connectivity index (χ0) is 8.48. The second kappa shape index (κ2) is 11.5. The van der Waals surface area contributed by atoms with Gasteiger partial charge >= 0.3 is 34.1 Å². The fourth-order valence-corrected chi connectivity index (χ4v) is 1.19. The van der Waals surface area contributed by atoms with Crippen LogP contribution in [0.4, 0.5) is 0 Å². The van der Waals surface area contributed by atoms with Gasteiger partial charge in [-0.2, -0.15) is 8.42 Å². The fourth-order valence-electron chi connectivity index (χ4n) is 0.710. The summed E-state index contributed by atoms with van der Waals surface area (Å²) < 4.78 is 29.6. The van der Waals surface area contributed by atoms with E-state index in [1.54, 1.807) is 12.1 Å². The zero-order valence-corrected chi connectivity index (χ0v) is 10.9. The fraction of sp³-hybridized carbons (Fsp3) is 0.143. The molecule has 1 aromatic rings. The average molecular weight is 332 g/mol. The zero-order valence-electron chi connectivity index (χ0n) is 7.91. The molecule has 6 nitrogen and oxygen atoms in total. The first-order valence-electron chi connectivity index (χ1n) is 3.04. The molecule has 0 aliphatic rings. The second-order valence-corrected chi connectivity index (χ2v) is 3.71. The first kappa shape index (κ1) is 29.8. The second-order valence-electron chi connectivity index (χ2n) is 2.29. The van der Waals surface area contributed by atoms with Crippen LogP contribution in [0.15, 0.2) is 29.2 Å². The van der Waals surface area contributed by atoms with Gasteiger partial charge < -0.3 is 16.4 Å². The van der Waals surface area contributed by atoms with Crippen LogP contribution in [0.2, 0.25) is 0 Å². The van der Waals surface area contributed by atoms with E-state index in [2.05, 4.69) is 0 Å². The molecule has 0 fully saturated rings. The van der Waals surface area contributed by atoms with E-state index < -0.39 is 10.1 Å². The van der Waals surface area contributed by atoms with Gasteiger partial charge in [0, 0.05) is 0 Å². The van der Waals surface area contributed by atoms with Gasteiger partial charge in [-0.3, -0.25) is 4.55 Å². The van der Waals surface area contributed by atoms with Gasteiger partial charge in [0.15, 0.2) is 0 Å². The number of aryl methyl sites for hydroxylation is 1. The smallest absolute Gasteiger partial charge is 2.00 e. The van der Waals surface area contributed by atoms with E-state index in [1.807, 2.05) is 6.92 Å². The Hall–Kier alpha value is 0.0490. The van der Waals surface area contributed by atoms with Crippen molar-refractivity contribution in [1.29, 1.82) is 0 Å². The van der Waals surface area contributed by atoms with Crippen molar-refractivity contribution in [2.45, 2.75) is 11.8 Å². The maximum atomic E-state index is 10.5. The van der Waals surface area contributed by atoms with E-state index >= 15 is 0 Å². The molecule has 2 radical (unpaired) electrons. The minimum absolute atomic E-state index is 0. The molecular weight excluding hydrogens is 324 g/mol. The predicted octanol–water partition coefficient (Wildman–Crippen LogP) is 0.880. The van der Waals surface area contributed by atoms with E-state index in [0.29, 0.717) is 0 Å². The Labute approximate surface area is 115 Å². The predicted molar refractivity (Wildman–Crippen MR) is 43.1 cm³/mol. The Morgan fingerprint density at radius 1 is 0.938 bits per heavy atom. The molecule has 0 heterocycles. The summed E-state index contributed by atoms with van der Waals surface area (Å²) in [6.07, 6.45) is 0. The molecule has 16 heavy (non-hydrogen) atoms. The standard InChI is InChI=1S/C7H8O3S.2Fe.3O/c1-6-2-4-7(5-3-6)11(8,9)10;;;;;/h2-5H,1H3,(H,8,9,10);;;;;/q;2*+3;3*-2. The van der Waals surface area contributed by atoms with Crippen molar-refractivity contribution < 1.29 is 63.5 Å². The van der Waals surface area contributed by atoms with Gasteiger partial charge in [-0.05, 0) is 19.1 Å². The van der Waals surface area contributed by atoms with Gasteiger partial charge in [0.05, 0.1) is 4.90 Å². The van der Waals surface area contributed by atoms with Crippen molar-refractivity contribution in [1.82, 2.24) is 0 Å². The maximum Gasteiger partial charge on any atom is 3.00 e. The van der Waals surface area contributed by atoms with E-state index in [1.165, 1.54) is 12.1 Å². The van der Waals surface area contributed by atoms with Crippen LogP contribution in [-0.4, -0.2) is 13.0 Å². The summed E-state index contributed by atoms with van der Waals surface area (Å²) in [4.78, 5) is -0.0666. The third-order valence-corrected chi connectivity index (χ3v) is 2.19. The summed E-state index contributed by atoms with van der Waals surface area (Å²) in [7, 11) is -4.02. The molecule has 0 unspecified atom stereocenters. The molecule has 1 aromatic carbocycles. The minimum Gasteiger partial charge on any atom is -2.00 e. The van der Waals surface area contributed by atoms with Crippen LogP contribution in [0.3, 0.4) is 0 Å². The van der Waals surface area contributed by atoms with Crippen LogP contribution in [-0.2, 0) is 60.7 Å². The van der Waals surface area contributed by atoms with Crippen molar-refractivity contribution in [2.75, 3.05) is 0 Å². The van der Waals surface area contributed by atoms with Gasteiger partial charge in [0.1, 0.15) is 0 Å². The van der Waals surface area contributed by atoms with Crippen LogP contribution >= 0.6 is 0 Å². The largest absolute Gasteiger partial charge is 3.00 e. The summed E-state index contributed by atoms with van der Waals surface area (Å²) in [5, 5.41) is 0. The third-order valence-electron chi connectivity index (χ3n) is 1.32. The van der Waals surface area contributed by atoms with Crippen molar-refractivity contribution in [2.24, 2.45) is 0 Å². The normalized spacial score (nSPS) is 7.88. The quantitative estimate of drug-likeness (QED) is 0.603. The first-order chi connectivity index (χ1) is 5.00. The minimum atomic E-state index is -4.02. The molecule has 0 aliphatic heterocycles. The van der Waals surface area contributed by atoms with Crippen LogP contribution in [0.1, 0.15) is 5.56 Å². The Balaban J connectivity index is -0.0000000807. The van der Waals surface area contributed by atoms with Crippen LogP contribution in [0.25, 0.3) is 0 Å². The molecule has 0 bridgehead atoms. The summed E-state index contributed by atoms with van der Waals surface area (Å²) in [6.45, 7) is 1.84. The molecule has 0 atom stereocenters. The topological polar surface area (TPSA) is 140 Å². The van der Waals surface area contributed by atoms with Gasteiger partial charge in [0.25, 0.3) is 10.1 Å². The molecule has 0 aliphatic carbocycles. The maximum absolute atomic E-state index is 10.5. The number of rotatable bonds is 1. The molecule has 0 saturated heterocycles. The summed E-state index contributed by atoms with van der Waals surface area (Å²) in [6, 6.07) is 5.99. The number of benzene rings is 1. The molecular formula is C7H8Fe2O6S. The number of hydrogen-bond donors (Lipinski definition) is 1. The Morgan fingerprint density at radius 3 is 1.50 bits per heavy atom. The van der Waals surface area contributed by atoms with Gasteiger partial charge in [-0.15, -0.1) is 0 Å². The molecule has 0 amide bonds. The van der Waals surface area contributed by atoms with E-state index in [9.17, 15) is 8.42 Å². The Bertz CT molecular complexity index is 350. The van der Waals surface area contributed by atoms with Gasteiger partial charge in [-0.25, -0.2) is 0 Å². The van der Waals surface area contributed by atoms with Crippen molar-refractivity contribution >= 4 is 10.1 Å². The molecule has 0 spiro atoms. The molecule has 1 rings (SSSR count). The third kappa shape index (κ3) is 9.29. The monoisotopic (exact) mass is 332 g/mol. The van der Waals surface area contributed by atoms with Crippen LogP contribution < -0.4 is 0 Å². The molecule has 0 aromatic heterocycles. The van der Waals surface area contributed by atoms with Gasteiger partial charge in [-0.1, -0.05) is 17.7 Å². The Morgan fingerprint density at radius 2 is 1.25 bits per heavy atom. The van der Waals surface area contributed by atoms with Crippen LogP contribution in [0, 0.1) is 6.92 Å². The number of hydrogen-bond acceptors (Lipinski definition) is 2. The van der Waals surface area contributed by atoms with E-state index in [-0.39, 0.29) is 55.5 Å². The van der Waals surface area contributed by atoms with Crippen molar-refractivity contribution in [3.05, 3.63) is 29.8 Å². The van der Waals surface area contributed by atoms with Crippen molar-refractivity contribution in [3.63, 3.8) is 0 Å². The summed E-state index contributed by atoms with van der Waals surface area (Å²) >= 11 is 0. The molecule has 1 N–H and O–H groups in total. The van der Waals surface area contributed by atoms with Crippen molar-refractivity contribution in [3.8, 4) is 0 Å². The van der Waals surface area contributed by atoms with Crippen LogP contribution in [0.5, 0.6) is 0 Å². The molecule has 9 heteroatoms. The van der Waals surface area contributed by atoms with E-state index in [4.69, 9.17) is 4.55 Å². The van der Waals surface area contributed by atoms with Gasteiger partial charge in [0.2, 0.25) is 0 Å². The summed E-state index contributed by atoms with van der Waals surface area (Å²) in [5.41, 5.74) is 0.956. The first-order valence-corrected chi connectivity index (χ1v) is 4.48. The average Bonchev–Trinajstić information content (AvgIpc) is 1.86. The SMILES string of the molecule is Cc1ccc(S(=O)(=O)O)cc1.[Fe+3].[Fe+3].[O-2].[O-2].[O-2]. The summed E-state index contributed by atoms with van der Waals surface area (Å²) in [5.74, 6) is 0. The van der Waals surface area contributed by atoms with E-state index in [0.717, 1.165) is 5.56 Å². The molecule has 0 saturated carbocycles. The Kier molecular flexibility index (Phi) is 21.5. The molecule has 94 valence electrons.